The molecule has 9 nitrogen and oxygen atoms in total. The zero-order valence-corrected chi connectivity index (χ0v) is 24.1. The van der Waals surface area contributed by atoms with Crippen molar-refractivity contribution < 1.29 is 19.1 Å². The fourth-order valence-electron chi connectivity index (χ4n) is 4.75. The molecule has 2 atom stereocenters. The van der Waals surface area contributed by atoms with Gasteiger partial charge in [0.2, 0.25) is 17.7 Å². The first-order valence-corrected chi connectivity index (χ1v) is 14.2. The number of rotatable bonds is 11. The van der Waals surface area contributed by atoms with E-state index in [-0.39, 0.29) is 12.5 Å². The first-order valence-electron chi connectivity index (χ1n) is 14.2. The molecule has 2 unspecified atom stereocenters. The predicted octanol–water partition coefficient (Wildman–Crippen LogP) is 3.71. The van der Waals surface area contributed by atoms with Crippen LogP contribution in [0.5, 0.6) is 0 Å². The van der Waals surface area contributed by atoms with Gasteiger partial charge in [0.15, 0.2) is 0 Å². The van der Waals surface area contributed by atoms with Gasteiger partial charge in [0, 0.05) is 25.5 Å². The molecule has 2 heterocycles. The topological polar surface area (TPSA) is 119 Å². The van der Waals surface area contributed by atoms with Crippen molar-refractivity contribution in [1.29, 1.82) is 0 Å². The molecule has 0 bridgehead atoms. The molecule has 41 heavy (non-hydrogen) atoms. The summed E-state index contributed by atoms with van der Waals surface area (Å²) in [6.45, 7) is 7.08. The second-order valence-electron chi connectivity index (χ2n) is 11.4. The molecule has 4 N–H and O–H groups in total. The second-order valence-corrected chi connectivity index (χ2v) is 11.4. The average Bonchev–Trinajstić information content (AvgIpc) is 3.41. The molecular weight excluding hydrogens is 518 g/mol. The molecule has 0 spiro atoms. The summed E-state index contributed by atoms with van der Waals surface area (Å²) in [6.07, 6.45) is 5.51. The Morgan fingerprint density at radius 1 is 1.00 bits per heavy atom. The number of nitrogens with one attached hydrogen (secondary N) is 2. The van der Waals surface area contributed by atoms with E-state index in [0.717, 1.165) is 37.1 Å². The van der Waals surface area contributed by atoms with Crippen LogP contribution in [0.15, 0.2) is 79.1 Å². The normalized spacial score (nSPS) is 15.7. The number of benzene rings is 2. The van der Waals surface area contributed by atoms with Crippen molar-refractivity contribution in [2.45, 2.75) is 57.8 Å². The maximum atomic E-state index is 13.7. The van der Waals surface area contributed by atoms with Crippen molar-refractivity contribution in [2.75, 3.05) is 25.0 Å². The highest BCUT2D eigenvalue weighted by Gasteiger charge is 2.31. The highest BCUT2D eigenvalue weighted by Crippen LogP contribution is 2.26. The lowest BCUT2D eigenvalue weighted by Crippen LogP contribution is -2.56. The van der Waals surface area contributed by atoms with Gasteiger partial charge in [-0.15, -0.1) is 0 Å². The molecule has 1 fully saturated rings. The molecule has 0 radical (unpaired) electrons. The number of carbonyl (C=O) groups is 3. The number of ether oxygens (including phenoxy) is 1. The van der Waals surface area contributed by atoms with E-state index in [1.165, 1.54) is 0 Å². The first-order chi connectivity index (χ1) is 19.6. The zero-order valence-electron chi connectivity index (χ0n) is 24.1. The molecule has 1 aromatic heterocycles. The minimum absolute atomic E-state index is 0.0289. The van der Waals surface area contributed by atoms with Gasteiger partial charge in [0.25, 0.3) is 0 Å². The highest BCUT2D eigenvalue weighted by molar-refractivity contribution is 5.98. The van der Waals surface area contributed by atoms with Crippen molar-refractivity contribution >= 4 is 23.4 Å². The van der Waals surface area contributed by atoms with Crippen molar-refractivity contribution in [3.63, 3.8) is 0 Å². The Kier molecular flexibility index (Phi) is 9.96. The van der Waals surface area contributed by atoms with E-state index in [9.17, 15) is 14.4 Å². The van der Waals surface area contributed by atoms with Gasteiger partial charge in [-0.25, -0.2) is 0 Å². The molecule has 3 amide bonds. The Hall–Kier alpha value is -3.95. The third kappa shape index (κ3) is 8.28. The van der Waals surface area contributed by atoms with Gasteiger partial charge >= 0.3 is 0 Å². The number of aromatic nitrogens is 1. The molecule has 9 heteroatoms. The Balaban J connectivity index is 1.49. The van der Waals surface area contributed by atoms with Crippen LogP contribution in [0.1, 0.15) is 50.8 Å². The van der Waals surface area contributed by atoms with Crippen LogP contribution in [0.4, 0.5) is 5.69 Å². The number of hydrogen-bond donors (Lipinski definition) is 3. The minimum Gasteiger partial charge on any atom is -0.374 e. The standard InChI is InChI=1S/C32H41N5O4/c1-23-14-17-36(18-15-23)30(39)28(25-12-8-5-9-13-25)37-19-16-26(20-37)34-29(38)27(35-31(40)32(2,3)33)22-41-21-24-10-6-4-7-11-24/h4-13,16,19-20,23,27-28H,14-15,17-18,21-22,33H2,1-3H3,(H,34,38)(H,35,40). The SMILES string of the molecule is CC1CCN(C(=O)C(c2ccccc2)n2ccc(NC(=O)C(COCc3ccccc3)NC(=O)C(C)(C)N)c2)CC1. The minimum atomic E-state index is -1.17. The summed E-state index contributed by atoms with van der Waals surface area (Å²) in [5, 5.41) is 5.59. The zero-order chi connectivity index (χ0) is 29.4. The van der Waals surface area contributed by atoms with E-state index in [1.807, 2.05) is 70.1 Å². The molecule has 0 saturated carbocycles. The predicted molar refractivity (Wildman–Crippen MR) is 159 cm³/mol. The van der Waals surface area contributed by atoms with E-state index in [0.29, 0.717) is 18.2 Å². The molecular formula is C32H41N5O4. The first kappa shape index (κ1) is 30.0. The van der Waals surface area contributed by atoms with Crippen LogP contribution >= 0.6 is 0 Å². The monoisotopic (exact) mass is 559 g/mol. The lowest BCUT2D eigenvalue weighted by Gasteiger charge is -2.33. The van der Waals surface area contributed by atoms with Crippen LogP contribution in [0, 0.1) is 5.92 Å². The van der Waals surface area contributed by atoms with Crippen molar-refractivity contribution in [1.82, 2.24) is 14.8 Å². The molecule has 2 aromatic carbocycles. The van der Waals surface area contributed by atoms with Gasteiger partial charge in [0.05, 0.1) is 24.4 Å². The summed E-state index contributed by atoms with van der Waals surface area (Å²) in [7, 11) is 0. The average molecular weight is 560 g/mol. The number of hydrogen-bond acceptors (Lipinski definition) is 5. The number of likely N-dealkylation sites (tertiary alicyclic amines) is 1. The quantitative estimate of drug-likeness (QED) is 0.331. The van der Waals surface area contributed by atoms with E-state index in [2.05, 4.69) is 17.6 Å². The fourth-order valence-corrected chi connectivity index (χ4v) is 4.75. The smallest absolute Gasteiger partial charge is 0.250 e. The Bertz CT molecular complexity index is 1290. The maximum absolute atomic E-state index is 13.7. The van der Waals surface area contributed by atoms with Gasteiger partial charge in [-0.3, -0.25) is 14.4 Å². The summed E-state index contributed by atoms with van der Waals surface area (Å²) in [4.78, 5) is 41.7. The Morgan fingerprint density at radius 2 is 1.63 bits per heavy atom. The number of nitrogens with two attached hydrogens (primary N) is 1. The van der Waals surface area contributed by atoms with Gasteiger partial charge in [-0.2, -0.15) is 0 Å². The third-order valence-corrected chi connectivity index (χ3v) is 7.33. The summed E-state index contributed by atoms with van der Waals surface area (Å²) < 4.78 is 7.62. The molecule has 0 aliphatic carbocycles. The summed E-state index contributed by atoms with van der Waals surface area (Å²) in [5.41, 5.74) is 7.12. The molecule has 3 aromatic rings. The number of amides is 3. The summed E-state index contributed by atoms with van der Waals surface area (Å²) in [5.74, 6) is -0.274. The second kappa shape index (κ2) is 13.6. The Labute approximate surface area is 242 Å². The number of carbonyl (C=O) groups excluding carboxylic acids is 3. The van der Waals surface area contributed by atoms with Crippen LogP contribution in [0.2, 0.25) is 0 Å². The molecule has 1 aliphatic heterocycles. The van der Waals surface area contributed by atoms with E-state index >= 15 is 0 Å². The van der Waals surface area contributed by atoms with Crippen LogP contribution in [-0.4, -0.2) is 58.5 Å². The molecule has 1 aliphatic rings. The lowest BCUT2D eigenvalue weighted by atomic mass is 9.97. The van der Waals surface area contributed by atoms with Gasteiger partial charge < -0.3 is 30.6 Å². The molecule has 1 saturated heterocycles. The van der Waals surface area contributed by atoms with Crippen LogP contribution < -0.4 is 16.4 Å². The number of anilines is 1. The van der Waals surface area contributed by atoms with Crippen LogP contribution in [0.25, 0.3) is 0 Å². The summed E-state index contributed by atoms with van der Waals surface area (Å²) in [6, 6.07) is 19.4. The largest absolute Gasteiger partial charge is 0.374 e. The van der Waals surface area contributed by atoms with Gasteiger partial charge in [0.1, 0.15) is 12.1 Å². The Morgan fingerprint density at radius 3 is 2.27 bits per heavy atom. The van der Waals surface area contributed by atoms with Crippen molar-refractivity contribution in [2.24, 2.45) is 11.7 Å². The molecule has 4 rings (SSSR count). The number of nitrogens with zero attached hydrogens (tertiary/aromatic N) is 2. The van der Waals surface area contributed by atoms with Crippen LogP contribution in [-0.2, 0) is 25.7 Å². The van der Waals surface area contributed by atoms with E-state index in [1.54, 1.807) is 32.3 Å². The lowest BCUT2D eigenvalue weighted by molar-refractivity contribution is -0.135. The highest BCUT2D eigenvalue weighted by atomic mass is 16.5. The number of piperidine rings is 1. The maximum Gasteiger partial charge on any atom is 0.250 e. The van der Waals surface area contributed by atoms with Crippen molar-refractivity contribution in [3.05, 3.63) is 90.3 Å². The summed E-state index contributed by atoms with van der Waals surface area (Å²) >= 11 is 0. The van der Waals surface area contributed by atoms with Crippen molar-refractivity contribution in [3.8, 4) is 0 Å². The van der Waals surface area contributed by atoms with E-state index < -0.39 is 29.4 Å². The van der Waals surface area contributed by atoms with E-state index in [4.69, 9.17) is 10.5 Å². The van der Waals surface area contributed by atoms with Crippen LogP contribution in [0.3, 0.4) is 0 Å². The molecule has 218 valence electrons. The fraction of sp³-hybridized carbons (Fsp3) is 0.406. The van der Waals surface area contributed by atoms with Gasteiger partial charge in [-0.1, -0.05) is 67.6 Å². The third-order valence-electron chi connectivity index (χ3n) is 7.33. The van der Waals surface area contributed by atoms with Gasteiger partial charge in [-0.05, 0) is 49.8 Å².